The smallest absolute Gasteiger partial charge is 0.330 e. The predicted molar refractivity (Wildman–Crippen MR) is 81.5 cm³/mol. The Morgan fingerprint density at radius 3 is 2.59 bits per heavy atom. The number of amides is 2. The Bertz CT molecular complexity index is 557. The molecule has 0 saturated heterocycles. The Hall–Kier alpha value is -2.12. The Kier molecular flexibility index (Phi) is 6.81. The van der Waals surface area contributed by atoms with Gasteiger partial charge in [-0.2, -0.15) is 0 Å². The van der Waals surface area contributed by atoms with Gasteiger partial charge in [0.05, 0.1) is 24.2 Å². The maximum absolute atomic E-state index is 12.3. The minimum atomic E-state index is -1.04. The first-order valence-corrected chi connectivity index (χ1v) is 6.89. The van der Waals surface area contributed by atoms with E-state index in [-0.39, 0.29) is 23.7 Å². The minimum absolute atomic E-state index is 0.127. The molecule has 1 aromatic rings. The quantitative estimate of drug-likeness (QED) is 0.637. The zero-order valence-electron chi connectivity index (χ0n) is 12.3. The first kappa shape index (κ1) is 17.9. The van der Waals surface area contributed by atoms with Gasteiger partial charge in [0.1, 0.15) is 6.04 Å². The van der Waals surface area contributed by atoms with Gasteiger partial charge < -0.3 is 21.1 Å². The third-order valence-corrected chi connectivity index (χ3v) is 3.24. The van der Waals surface area contributed by atoms with Crippen LogP contribution in [0.1, 0.15) is 15.9 Å². The standard InChI is InChI=1S/C14H18ClN3O4/c1-8-4-3-5-9(15)12(8)13(20)18-10(14(21)22-2)7-17-11(19)6-16/h3-5,10H,6-7,16H2,1-2H3,(H,17,19)(H,18,20)/t10-/m0/s1. The van der Waals surface area contributed by atoms with E-state index in [2.05, 4.69) is 15.4 Å². The van der Waals surface area contributed by atoms with E-state index < -0.39 is 23.8 Å². The van der Waals surface area contributed by atoms with Gasteiger partial charge in [0.25, 0.3) is 5.91 Å². The number of carbonyl (C=O) groups excluding carboxylic acids is 3. The number of carbonyl (C=O) groups is 3. The van der Waals surface area contributed by atoms with Crippen LogP contribution in [0.25, 0.3) is 0 Å². The normalized spacial score (nSPS) is 11.5. The van der Waals surface area contributed by atoms with Crippen molar-refractivity contribution in [3.8, 4) is 0 Å². The van der Waals surface area contributed by atoms with Crippen molar-refractivity contribution >= 4 is 29.4 Å². The molecule has 0 aliphatic heterocycles. The molecule has 0 spiro atoms. The Balaban J connectivity index is 2.87. The van der Waals surface area contributed by atoms with Crippen molar-refractivity contribution in [3.63, 3.8) is 0 Å². The lowest BCUT2D eigenvalue weighted by atomic mass is 10.1. The monoisotopic (exact) mass is 327 g/mol. The lowest BCUT2D eigenvalue weighted by molar-refractivity contribution is -0.142. The lowest BCUT2D eigenvalue weighted by Gasteiger charge is -2.18. The Morgan fingerprint density at radius 2 is 2.05 bits per heavy atom. The first-order chi connectivity index (χ1) is 10.4. The fraction of sp³-hybridized carbons (Fsp3) is 0.357. The molecule has 1 atom stereocenters. The molecule has 0 heterocycles. The Morgan fingerprint density at radius 1 is 1.36 bits per heavy atom. The van der Waals surface area contributed by atoms with Gasteiger partial charge in [0, 0.05) is 6.54 Å². The van der Waals surface area contributed by atoms with Crippen molar-refractivity contribution in [2.45, 2.75) is 13.0 Å². The number of benzene rings is 1. The molecule has 2 amide bonds. The zero-order chi connectivity index (χ0) is 16.7. The van der Waals surface area contributed by atoms with Crippen LogP contribution in [0.5, 0.6) is 0 Å². The summed E-state index contributed by atoms with van der Waals surface area (Å²) in [6, 6.07) is 3.98. The van der Waals surface area contributed by atoms with E-state index in [1.54, 1.807) is 25.1 Å². The molecule has 120 valence electrons. The van der Waals surface area contributed by atoms with Crippen LogP contribution < -0.4 is 16.4 Å². The second kappa shape index (κ2) is 8.35. The summed E-state index contributed by atoms with van der Waals surface area (Å²) in [7, 11) is 1.19. The highest BCUT2D eigenvalue weighted by molar-refractivity contribution is 6.34. The molecule has 7 nitrogen and oxygen atoms in total. The minimum Gasteiger partial charge on any atom is -0.467 e. The van der Waals surface area contributed by atoms with Crippen molar-refractivity contribution in [2.24, 2.45) is 5.73 Å². The SMILES string of the molecule is COC(=O)[C@H](CNC(=O)CN)NC(=O)c1c(C)cccc1Cl. The van der Waals surface area contributed by atoms with Gasteiger partial charge in [-0.3, -0.25) is 9.59 Å². The number of hydrogen-bond acceptors (Lipinski definition) is 5. The summed E-state index contributed by atoms with van der Waals surface area (Å²) in [5.74, 6) is -1.66. The van der Waals surface area contributed by atoms with E-state index in [0.717, 1.165) is 0 Å². The molecule has 0 fully saturated rings. The summed E-state index contributed by atoms with van der Waals surface area (Å²) >= 11 is 6.01. The highest BCUT2D eigenvalue weighted by Crippen LogP contribution is 2.19. The van der Waals surface area contributed by atoms with Crippen molar-refractivity contribution in [3.05, 3.63) is 34.3 Å². The van der Waals surface area contributed by atoms with Crippen LogP contribution in [0.3, 0.4) is 0 Å². The third-order valence-electron chi connectivity index (χ3n) is 2.93. The molecule has 0 unspecified atom stereocenters. The summed E-state index contributed by atoms with van der Waals surface area (Å²) in [6.07, 6.45) is 0. The van der Waals surface area contributed by atoms with E-state index >= 15 is 0 Å². The van der Waals surface area contributed by atoms with E-state index in [9.17, 15) is 14.4 Å². The number of rotatable bonds is 6. The van der Waals surface area contributed by atoms with Gasteiger partial charge in [-0.1, -0.05) is 23.7 Å². The van der Waals surface area contributed by atoms with Crippen LogP contribution in [0.2, 0.25) is 5.02 Å². The van der Waals surface area contributed by atoms with Gasteiger partial charge >= 0.3 is 5.97 Å². The molecule has 0 saturated carbocycles. The van der Waals surface area contributed by atoms with Crippen molar-refractivity contribution < 1.29 is 19.1 Å². The maximum atomic E-state index is 12.3. The molecule has 1 rings (SSSR count). The summed E-state index contributed by atoms with van der Waals surface area (Å²) in [5, 5.41) is 5.18. The summed E-state index contributed by atoms with van der Waals surface area (Å²) < 4.78 is 4.61. The molecule has 22 heavy (non-hydrogen) atoms. The fourth-order valence-electron chi connectivity index (χ4n) is 1.77. The second-order valence-corrected chi connectivity index (χ2v) is 4.90. The van der Waals surface area contributed by atoms with Gasteiger partial charge in [-0.15, -0.1) is 0 Å². The molecule has 0 bridgehead atoms. The number of nitrogens with two attached hydrogens (primary N) is 1. The number of ether oxygens (including phenoxy) is 1. The van der Waals surface area contributed by atoms with E-state index in [1.165, 1.54) is 7.11 Å². The van der Waals surface area contributed by atoms with E-state index in [1.807, 2.05) is 0 Å². The largest absolute Gasteiger partial charge is 0.467 e. The maximum Gasteiger partial charge on any atom is 0.330 e. The highest BCUT2D eigenvalue weighted by atomic mass is 35.5. The lowest BCUT2D eigenvalue weighted by Crippen LogP contribution is -2.49. The molecule has 8 heteroatoms. The number of esters is 1. The molecular weight excluding hydrogens is 310 g/mol. The predicted octanol–water partition coefficient (Wildman–Crippen LogP) is -0.00528. The van der Waals surface area contributed by atoms with Crippen LogP contribution in [0, 0.1) is 6.92 Å². The molecular formula is C14H18ClN3O4. The van der Waals surface area contributed by atoms with Crippen LogP contribution in [0.4, 0.5) is 0 Å². The van der Waals surface area contributed by atoms with Crippen LogP contribution >= 0.6 is 11.6 Å². The average Bonchev–Trinajstić information content (AvgIpc) is 2.49. The topological polar surface area (TPSA) is 111 Å². The van der Waals surface area contributed by atoms with E-state index in [4.69, 9.17) is 17.3 Å². The molecule has 1 aromatic carbocycles. The number of halogens is 1. The second-order valence-electron chi connectivity index (χ2n) is 4.49. The Labute approximate surface area is 133 Å². The highest BCUT2D eigenvalue weighted by Gasteiger charge is 2.24. The summed E-state index contributed by atoms with van der Waals surface area (Å²) in [4.78, 5) is 35.2. The van der Waals surface area contributed by atoms with Gasteiger partial charge in [0.2, 0.25) is 5.91 Å². The molecule has 4 N–H and O–H groups in total. The molecule has 0 radical (unpaired) electrons. The number of hydrogen-bond donors (Lipinski definition) is 3. The number of aryl methyl sites for hydroxylation is 1. The number of methoxy groups -OCH3 is 1. The van der Waals surface area contributed by atoms with Gasteiger partial charge in [-0.05, 0) is 18.6 Å². The van der Waals surface area contributed by atoms with Crippen LogP contribution in [0.15, 0.2) is 18.2 Å². The molecule has 0 aromatic heterocycles. The van der Waals surface area contributed by atoms with Gasteiger partial charge in [0.15, 0.2) is 0 Å². The molecule has 0 aliphatic carbocycles. The van der Waals surface area contributed by atoms with Gasteiger partial charge in [-0.25, -0.2) is 4.79 Å². The molecule has 0 aliphatic rings. The van der Waals surface area contributed by atoms with Crippen LogP contribution in [-0.4, -0.2) is 44.0 Å². The third kappa shape index (κ3) is 4.71. The van der Waals surface area contributed by atoms with E-state index in [0.29, 0.717) is 5.56 Å². The van der Waals surface area contributed by atoms with Crippen molar-refractivity contribution in [1.29, 1.82) is 0 Å². The van der Waals surface area contributed by atoms with Crippen molar-refractivity contribution in [2.75, 3.05) is 20.2 Å². The number of nitrogens with one attached hydrogen (secondary N) is 2. The average molecular weight is 328 g/mol. The van der Waals surface area contributed by atoms with Crippen molar-refractivity contribution in [1.82, 2.24) is 10.6 Å². The summed E-state index contributed by atoms with van der Waals surface area (Å²) in [6.45, 7) is 1.38. The fourth-order valence-corrected chi connectivity index (χ4v) is 2.08. The zero-order valence-corrected chi connectivity index (χ0v) is 13.1. The summed E-state index contributed by atoms with van der Waals surface area (Å²) in [5.41, 5.74) is 6.10. The van der Waals surface area contributed by atoms with Crippen LogP contribution in [-0.2, 0) is 14.3 Å². The first-order valence-electron chi connectivity index (χ1n) is 6.51.